The van der Waals surface area contributed by atoms with Gasteiger partial charge in [-0.2, -0.15) is 0 Å². The molecule has 2 aromatic rings. The Bertz CT molecular complexity index is 1080. The zero-order valence-electron chi connectivity index (χ0n) is 20.8. The Balaban J connectivity index is 1.93. The summed E-state index contributed by atoms with van der Waals surface area (Å²) in [4.78, 5) is 17.8. The van der Waals surface area contributed by atoms with Crippen LogP contribution < -0.4 is 10.1 Å². The second-order valence-corrected chi connectivity index (χ2v) is 9.51. The smallest absolute Gasteiger partial charge is 0.338 e. The molecule has 0 aliphatic carbocycles. The molecule has 1 N–H and O–H groups in total. The maximum Gasteiger partial charge on any atom is 0.338 e. The van der Waals surface area contributed by atoms with Gasteiger partial charge in [0.1, 0.15) is 23.3 Å². The standard InChI is InChI=1S/C26H34N2O4S/c1-9-31-25(29)23-16(4)17(5)24-19(18(23)6)12-20(30-8)26(7,32-24)13-22(33)28-21-11-14(2)10-15(3)27-21/h10-11,20H,9,12-13H2,1-8H3,(H,27,28,33). The zero-order chi connectivity index (χ0) is 24.5. The van der Waals surface area contributed by atoms with E-state index < -0.39 is 5.60 Å². The highest BCUT2D eigenvalue weighted by molar-refractivity contribution is 7.80. The molecule has 0 bridgehead atoms. The van der Waals surface area contributed by atoms with Gasteiger partial charge in [0.05, 0.1) is 17.2 Å². The Kier molecular flexibility index (Phi) is 7.44. The van der Waals surface area contributed by atoms with Crippen LogP contribution in [0.3, 0.4) is 0 Å². The van der Waals surface area contributed by atoms with E-state index in [4.69, 9.17) is 26.4 Å². The predicted octanol–water partition coefficient (Wildman–Crippen LogP) is 5.34. The molecule has 0 amide bonds. The lowest BCUT2D eigenvalue weighted by Gasteiger charge is -2.43. The molecule has 0 fully saturated rings. The summed E-state index contributed by atoms with van der Waals surface area (Å²) in [6.07, 6.45) is 0.839. The van der Waals surface area contributed by atoms with Gasteiger partial charge in [0.2, 0.25) is 0 Å². The van der Waals surface area contributed by atoms with E-state index in [1.165, 1.54) is 0 Å². The van der Waals surface area contributed by atoms with Crippen LogP contribution in [-0.4, -0.2) is 41.4 Å². The third kappa shape index (κ3) is 5.04. The predicted molar refractivity (Wildman–Crippen MR) is 135 cm³/mol. The van der Waals surface area contributed by atoms with Gasteiger partial charge in [0.25, 0.3) is 0 Å². The van der Waals surface area contributed by atoms with Gasteiger partial charge in [-0.25, -0.2) is 9.78 Å². The number of aromatic nitrogens is 1. The maximum absolute atomic E-state index is 12.6. The summed E-state index contributed by atoms with van der Waals surface area (Å²) in [7, 11) is 1.68. The van der Waals surface area contributed by atoms with Gasteiger partial charge < -0.3 is 19.5 Å². The van der Waals surface area contributed by atoms with E-state index in [0.717, 1.165) is 45.1 Å². The number of esters is 1. The molecule has 0 spiro atoms. The second kappa shape index (κ2) is 9.77. The van der Waals surface area contributed by atoms with Crippen LogP contribution in [0.25, 0.3) is 0 Å². The van der Waals surface area contributed by atoms with Crippen LogP contribution in [-0.2, 0) is 15.9 Å². The van der Waals surface area contributed by atoms with Crippen molar-refractivity contribution in [3.8, 4) is 5.75 Å². The second-order valence-electron chi connectivity index (χ2n) is 9.02. The lowest BCUT2D eigenvalue weighted by molar-refractivity contribution is -0.0715. The fourth-order valence-corrected chi connectivity index (χ4v) is 5.07. The number of ether oxygens (including phenoxy) is 3. The number of nitrogens with zero attached hydrogens (tertiary/aromatic N) is 1. The first-order valence-electron chi connectivity index (χ1n) is 11.3. The van der Waals surface area contributed by atoms with Gasteiger partial charge in [-0.05, 0) is 82.9 Å². The van der Waals surface area contributed by atoms with Gasteiger partial charge in [-0.1, -0.05) is 12.2 Å². The van der Waals surface area contributed by atoms with Crippen LogP contribution in [0.4, 0.5) is 5.82 Å². The third-order valence-corrected chi connectivity index (χ3v) is 6.67. The summed E-state index contributed by atoms with van der Waals surface area (Å²) in [5, 5.41) is 3.26. The lowest BCUT2D eigenvalue weighted by atomic mass is 9.81. The SMILES string of the molecule is CCOC(=O)c1c(C)c(C)c2c(c1C)CC(OC)C(C)(CC(=S)Nc1cc(C)cc(C)n1)O2. The fraction of sp³-hybridized carbons (Fsp3) is 0.500. The third-order valence-electron chi connectivity index (χ3n) is 6.43. The number of benzene rings is 1. The van der Waals surface area contributed by atoms with Gasteiger partial charge in [-0.15, -0.1) is 0 Å². The molecule has 178 valence electrons. The summed E-state index contributed by atoms with van der Waals surface area (Å²) in [6.45, 7) is 14.0. The van der Waals surface area contributed by atoms with Crippen molar-refractivity contribution >= 4 is 29.0 Å². The minimum atomic E-state index is -0.681. The average Bonchev–Trinajstić information content (AvgIpc) is 2.71. The highest BCUT2D eigenvalue weighted by Crippen LogP contribution is 2.43. The molecule has 6 nitrogen and oxygen atoms in total. The van der Waals surface area contributed by atoms with Gasteiger partial charge in [0, 0.05) is 31.2 Å². The van der Waals surface area contributed by atoms with Crippen molar-refractivity contribution in [3.63, 3.8) is 0 Å². The normalized spacial score (nSPS) is 19.5. The van der Waals surface area contributed by atoms with E-state index in [1.54, 1.807) is 7.11 Å². The number of aryl methyl sites for hydroxylation is 2. The molecule has 0 radical (unpaired) electrons. The molecule has 1 aromatic carbocycles. The van der Waals surface area contributed by atoms with Crippen LogP contribution >= 0.6 is 12.2 Å². The van der Waals surface area contributed by atoms with E-state index >= 15 is 0 Å². The molecule has 3 rings (SSSR count). The molecule has 0 saturated carbocycles. The maximum atomic E-state index is 12.6. The first kappa shape index (κ1) is 25.1. The van der Waals surface area contributed by atoms with Crippen molar-refractivity contribution < 1.29 is 19.0 Å². The largest absolute Gasteiger partial charge is 0.484 e. The number of carbonyl (C=O) groups excluding carboxylic acids is 1. The number of methoxy groups -OCH3 is 1. The topological polar surface area (TPSA) is 69.7 Å². The monoisotopic (exact) mass is 470 g/mol. The Morgan fingerprint density at radius 3 is 2.52 bits per heavy atom. The van der Waals surface area contributed by atoms with Gasteiger partial charge >= 0.3 is 5.97 Å². The summed E-state index contributed by atoms with van der Waals surface area (Å²) < 4.78 is 17.8. The summed E-state index contributed by atoms with van der Waals surface area (Å²) in [6, 6.07) is 4.00. The Morgan fingerprint density at radius 2 is 1.91 bits per heavy atom. The number of thiocarbonyl (C=S) groups is 1. The first-order chi connectivity index (χ1) is 15.5. The highest BCUT2D eigenvalue weighted by Gasteiger charge is 2.44. The molecular weight excluding hydrogens is 436 g/mol. The van der Waals surface area contributed by atoms with Crippen molar-refractivity contribution in [2.24, 2.45) is 0 Å². The molecule has 0 saturated heterocycles. The van der Waals surface area contributed by atoms with Crippen molar-refractivity contribution in [3.05, 3.63) is 51.2 Å². The molecule has 2 atom stereocenters. The fourth-order valence-electron chi connectivity index (χ4n) is 4.67. The molecular formula is C26H34N2O4S. The van der Waals surface area contributed by atoms with E-state index in [0.29, 0.717) is 30.0 Å². The van der Waals surface area contributed by atoms with E-state index in [-0.39, 0.29) is 12.1 Å². The number of carbonyl (C=O) groups is 1. The van der Waals surface area contributed by atoms with Crippen LogP contribution in [0, 0.1) is 34.6 Å². The molecule has 7 heteroatoms. The number of fused-ring (bicyclic) bond motifs is 1. The van der Waals surface area contributed by atoms with E-state index in [1.807, 2.05) is 60.6 Å². The lowest BCUT2D eigenvalue weighted by Crippen LogP contribution is -2.52. The van der Waals surface area contributed by atoms with Crippen molar-refractivity contribution in [2.45, 2.75) is 73.0 Å². The highest BCUT2D eigenvalue weighted by atomic mass is 32.1. The van der Waals surface area contributed by atoms with Crippen LogP contribution in [0.5, 0.6) is 5.75 Å². The van der Waals surface area contributed by atoms with Crippen molar-refractivity contribution in [2.75, 3.05) is 19.0 Å². The molecule has 33 heavy (non-hydrogen) atoms. The summed E-state index contributed by atoms with van der Waals surface area (Å²) >= 11 is 5.70. The van der Waals surface area contributed by atoms with Crippen LogP contribution in [0.2, 0.25) is 0 Å². The van der Waals surface area contributed by atoms with E-state index in [2.05, 4.69) is 10.3 Å². The molecule has 1 aliphatic heterocycles. The minimum Gasteiger partial charge on any atom is -0.484 e. The van der Waals surface area contributed by atoms with Crippen LogP contribution in [0.1, 0.15) is 64.1 Å². The Hall–Kier alpha value is -2.51. The summed E-state index contributed by atoms with van der Waals surface area (Å²) in [5.74, 6) is 1.24. The van der Waals surface area contributed by atoms with Crippen molar-refractivity contribution in [1.82, 2.24) is 4.98 Å². The number of hydrogen-bond acceptors (Lipinski definition) is 6. The number of hydrogen-bond donors (Lipinski definition) is 1. The summed E-state index contributed by atoms with van der Waals surface area (Å²) in [5.41, 5.74) is 5.68. The average molecular weight is 471 g/mol. The van der Waals surface area contributed by atoms with Gasteiger partial charge in [-0.3, -0.25) is 0 Å². The molecule has 2 unspecified atom stereocenters. The number of pyridine rings is 1. The van der Waals surface area contributed by atoms with Crippen molar-refractivity contribution in [1.29, 1.82) is 0 Å². The number of nitrogens with one attached hydrogen (secondary N) is 1. The Labute approximate surface area is 202 Å². The number of rotatable bonds is 6. The first-order valence-corrected chi connectivity index (χ1v) is 11.7. The Morgan fingerprint density at radius 1 is 1.21 bits per heavy atom. The molecule has 1 aromatic heterocycles. The quantitative estimate of drug-likeness (QED) is 0.451. The molecule has 1 aliphatic rings. The van der Waals surface area contributed by atoms with E-state index in [9.17, 15) is 4.79 Å². The molecule has 2 heterocycles. The minimum absolute atomic E-state index is 0.243. The van der Waals surface area contributed by atoms with Gasteiger partial charge in [0.15, 0.2) is 0 Å². The van der Waals surface area contributed by atoms with Crippen LogP contribution in [0.15, 0.2) is 12.1 Å². The zero-order valence-corrected chi connectivity index (χ0v) is 21.7. The number of anilines is 1.